The zero-order chi connectivity index (χ0) is 19.9. The molecule has 0 unspecified atom stereocenters. The molecule has 142 valence electrons. The Bertz CT molecular complexity index is 1060. The third kappa shape index (κ3) is 3.67. The van der Waals surface area contributed by atoms with Crippen LogP contribution >= 0.6 is 0 Å². The van der Waals surface area contributed by atoms with Crippen molar-refractivity contribution in [1.29, 1.82) is 0 Å². The number of hydrogen-bond donors (Lipinski definition) is 1. The van der Waals surface area contributed by atoms with E-state index >= 15 is 0 Å². The first kappa shape index (κ1) is 19.3. The maximum Gasteiger partial charge on any atom is 0.262 e. The minimum atomic E-state index is -3.95. The predicted molar refractivity (Wildman–Crippen MR) is 105 cm³/mol. The molecule has 1 N–H and O–H groups in total. The molecule has 0 bridgehead atoms. The highest BCUT2D eigenvalue weighted by Gasteiger charge is 2.27. The minimum Gasteiger partial charge on any atom is -0.294 e. The Labute approximate surface area is 159 Å². The molecule has 0 atom stereocenters. The van der Waals surface area contributed by atoms with Gasteiger partial charge in [-0.25, -0.2) is 12.8 Å². The smallest absolute Gasteiger partial charge is 0.262 e. The Morgan fingerprint density at radius 3 is 2.15 bits per heavy atom. The van der Waals surface area contributed by atoms with Crippen molar-refractivity contribution in [1.82, 2.24) is 0 Å². The molecule has 3 rings (SSSR count). The number of carbonyl (C=O) groups excluding carboxylic acids is 1. The van der Waals surface area contributed by atoms with E-state index in [0.717, 1.165) is 17.2 Å². The van der Waals surface area contributed by atoms with E-state index in [0.29, 0.717) is 35.1 Å². The van der Waals surface area contributed by atoms with E-state index in [9.17, 15) is 17.6 Å². The Balaban J connectivity index is 2.13. The van der Waals surface area contributed by atoms with E-state index in [-0.39, 0.29) is 16.4 Å². The van der Waals surface area contributed by atoms with Crippen LogP contribution in [0.25, 0.3) is 5.57 Å². The van der Waals surface area contributed by atoms with Crippen molar-refractivity contribution in [3.63, 3.8) is 0 Å². The number of nitrogens with one attached hydrogen (secondary N) is 1. The normalized spacial score (nSPS) is 14.8. The monoisotopic (exact) mass is 387 g/mol. The molecule has 27 heavy (non-hydrogen) atoms. The molecular weight excluding hydrogens is 365 g/mol. The average Bonchev–Trinajstić information content (AvgIpc) is 2.85. The molecule has 2 aromatic carbocycles. The van der Waals surface area contributed by atoms with Gasteiger partial charge in [0.25, 0.3) is 10.0 Å². The summed E-state index contributed by atoms with van der Waals surface area (Å²) in [5, 5.41) is 0. The van der Waals surface area contributed by atoms with Gasteiger partial charge in [0.05, 0.1) is 10.6 Å². The Morgan fingerprint density at radius 2 is 1.59 bits per heavy atom. The van der Waals surface area contributed by atoms with Gasteiger partial charge in [-0.3, -0.25) is 9.52 Å². The van der Waals surface area contributed by atoms with Crippen LogP contribution in [-0.2, 0) is 14.8 Å². The lowest BCUT2D eigenvalue weighted by Crippen LogP contribution is -2.17. The van der Waals surface area contributed by atoms with Crippen LogP contribution in [0.5, 0.6) is 0 Å². The second-order valence-corrected chi connectivity index (χ2v) is 8.72. The molecule has 0 fully saturated rings. The summed E-state index contributed by atoms with van der Waals surface area (Å²) in [5.74, 6) is -0.625. The first-order chi connectivity index (χ1) is 12.6. The fraction of sp³-hybridized carbons (Fsp3) is 0.286. The Morgan fingerprint density at radius 1 is 0.963 bits per heavy atom. The maximum absolute atomic E-state index is 13.9. The highest BCUT2D eigenvalue weighted by atomic mass is 32.2. The third-order valence-corrected chi connectivity index (χ3v) is 6.47. The number of aryl methyl sites for hydroxylation is 3. The van der Waals surface area contributed by atoms with Crippen molar-refractivity contribution in [2.75, 3.05) is 4.72 Å². The zero-order valence-corrected chi connectivity index (χ0v) is 16.6. The van der Waals surface area contributed by atoms with Crippen molar-refractivity contribution < 1.29 is 17.6 Å². The zero-order valence-electron chi connectivity index (χ0n) is 15.8. The average molecular weight is 387 g/mol. The molecule has 2 aromatic rings. The van der Waals surface area contributed by atoms with Gasteiger partial charge < -0.3 is 0 Å². The molecule has 6 heteroatoms. The number of carbonyl (C=O) groups is 1. The molecule has 0 aromatic heterocycles. The van der Waals surface area contributed by atoms with Crippen LogP contribution in [0.1, 0.15) is 42.0 Å². The molecule has 0 heterocycles. The van der Waals surface area contributed by atoms with Gasteiger partial charge in [0, 0.05) is 17.6 Å². The van der Waals surface area contributed by atoms with Gasteiger partial charge >= 0.3 is 0 Å². The highest BCUT2D eigenvalue weighted by molar-refractivity contribution is 7.92. The molecule has 0 saturated heterocycles. The number of benzene rings is 2. The standard InChI is InChI=1S/C21H22FNO3S/c1-12-9-14(3)21(15(4)10-12)27(25,26)23-18-11-16(22)6-7-17(18)20-13(2)5-8-19(20)24/h6-7,9-11,23H,5,8H2,1-4H3. The first-order valence-electron chi connectivity index (χ1n) is 8.73. The van der Waals surface area contributed by atoms with E-state index < -0.39 is 15.8 Å². The molecule has 1 aliphatic carbocycles. The summed E-state index contributed by atoms with van der Waals surface area (Å²) in [6, 6.07) is 7.41. The van der Waals surface area contributed by atoms with E-state index in [4.69, 9.17) is 0 Å². The number of halogens is 1. The summed E-state index contributed by atoms with van der Waals surface area (Å²) in [5.41, 5.74) is 4.06. The van der Waals surface area contributed by atoms with Gasteiger partial charge in [0.2, 0.25) is 0 Å². The van der Waals surface area contributed by atoms with E-state index in [1.807, 2.05) is 13.8 Å². The van der Waals surface area contributed by atoms with Crippen molar-refractivity contribution in [2.45, 2.75) is 45.4 Å². The van der Waals surface area contributed by atoms with Crippen LogP contribution in [-0.4, -0.2) is 14.2 Å². The molecule has 0 aliphatic heterocycles. The summed E-state index contributed by atoms with van der Waals surface area (Å²) < 4.78 is 42.5. The molecule has 1 aliphatic rings. The van der Waals surface area contributed by atoms with Crippen molar-refractivity contribution >= 4 is 27.1 Å². The molecule has 0 saturated carbocycles. The number of allylic oxidation sites excluding steroid dienone is 2. The van der Waals surface area contributed by atoms with Crippen LogP contribution in [0.3, 0.4) is 0 Å². The molecule has 0 spiro atoms. The summed E-state index contributed by atoms with van der Waals surface area (Å²) in [4.78, 5) is 12.4. The minimum absolute atomic E-state index is 0.0535. The van der Waals surface area contributed by atoms with Gasteiger partial charge in [-0.15, -0.1) is 0 Å². The molecule has 0 amide bonds. The van der Waals surface area contributed by atoms with Crippen molar-refractivity contribution in [2.24, 2.45) is 0 Å². The number of anilines is 1. The van der Waals surface area contributed by atoms with Gasteiger partial charge in [0.15, 0.2) is 5.78 Å². The summed E-state index contributed by atoms with van der Waals surface area (Å²) >= 11 is 0. The highest BCUT2D eigenvalue weighted by Crippen LogP contribution is 2.36. The van der Waals surface area contributed by atoms with E-state index in [2.05, 4.69) is 4.72 Å². The Hall–Kier alpha value is -2.47. The summed E-state index contributed by atoms with van der Waals surface area (Å²) in [7, 11) is -3.95. The van der Waals surface area contributed by atoms with Crippen LogP contribution in [0, 0.1) is 26.6 Å². The van der Waals surface area contributed by atoms with Crippen LogP contribution < -0.4 is 4.72 Å². The maximum atomic E-state index is 13.9. The predicted octanol–water partition coefficient (Wildman–Crippen LogP) is 4.69. The SMILES string of the molecule is CC1=C(c2ccc(F)cc2NS(=O)(=O)c2c(C)cc(C)cc2C)C(=O)CC1. The summed E-state index contributed by atoms with van der Waals surface area (Å²) in [6.45, 7) is 7.20. The molecule has 4 nitrogen and oxygen atoms in total. The second-order valence-electron chi connectivity index (χ2n) is 7.10. The van der Waals surface area contributed by atoms with Crippen LogP contribution in [0.2, 0.25) is 0 Å². The first-order valence-corrected chi connectivity index (χ1v) is 10.2. The van der Waals surface area contributed by atoms with Gasteiger partial charge in [0.1, 0.15) is 5.82 Å². The second kappa shape index (κ2) is 6.93. The largest absolute Gasteiger partial charge is 0.294 e. The van der Waals surface area contributed by atoms with Gasteiger partial charge in [-0.1, -0.05) is 23.3 Å². The molecule has 0 radical (unpaired) electrons. The lowest BCUT2D eigenvalue weighted by molar-refractivity contribution is -0.113. The summed E-state index contributed by atoms with van der Waals surface area (Å²) in [6.07, 6.45) is 1.02. The number of ketones is 1. The van der Waals surface area contributed by atoms with E-state index in [1.54, 1.807) is 26.0 Å². The molecular formula is C21H22FNO3S. The quantitative estimate of drug-likeness (QED) is 0.828. The number of sulfonamides is 1. The topological polar surface area (TPSA) is 63.2 Å². The third-order valence-electron chi connectivity index (χ3n) is 4.80. The van der Waals surface area contributed by atoms with Gasteiger partial charge in [-0.05, 0) is 63.4 Å². The van der Waals surface area contributed by atoms with Crippen molar-refractivity contribution in [3.8, 4) is 0 Å². The lowest BCUT2D eigenvalue weighted by Gasteiger charge is -2.17. The van der Waals surface area contributed by atoms with Crippen LogP contribution in [0.4, 0.5) is 10.1 Å². The number of rotatable bonds is 4. The fourth-order valence-corrected chi connectivity index (χ4v) is 5.30. The number of Topliss-reactive ketones (excluding diaryl/α,β-unsaturated/α-hetero) is 1. The van der Waals surface area contributed by atoms with Crippen LogP contribution in [0.15, 0.2) is 40.8 Å². The van der Waals surface area contributed by atoms with Gasteiger partial charge in [-0.2, -0.15) is 0 Å². The lowest BCUT2D eigenvalue weighted by atomic mass is 10.00. The Kier molecular flexibility index (Phi) is 4.95. The van der Waals surface area contributed by atoms with Crippen molar-refractivity contribution in [3.05, 3.63) is 64.0 Å². The fourth-order valence-electron chi connectivity index (χ4n) is 3.77. The number of hydrogen-bond acceptors (Lipinski definition) is 3. The van der Waals surface area contributed by atoms with E-state index in [1.165, 1.54) is 12.1 Å².